The highest BCUT2D eigenvalue weighted by molar-refractivity contribution is 9.10. The van der Waals surface area contributed by atoms with Crippen LogP contribution in [0.4, 0.5) is 4.79 Å². The number of amides is 1. The zero-order chi connectivity index (χ0) is 15.5. The Hall–Kier alpha value is -1.10. The summed E-state index contributed by atoms with van der Waals surface area (Å²) in [5, 5.41) is 0. The second-order valence-corrected chi connectivity index (χ2v) is 7.58. The predicted molar refractivity (Wildman–Crippen MR) is 85.9 cm³/mol. The van der Waals surface area contributed by atoms with Crippen LogP contribution in [0.3, 0.4) is 0 Å². The Morgan fingerprint density at radius 1 is 1.43 bits per heavy atom. The molecule has 0 unspecified atom stereocenters. The van der Waals surface area contributed by atoms with Gasteiger partial charge in [-0.05, 0) is 67.1 Å². The van der Waals surface area contributed by atoms with E-state index in [1.807, 2.05) is 26.8 Å². The average molecular weight is 355 g/mol. The second-order valence-electron chi connectivity index (χ2n) is 6.67. The lowest BCUT2D eigenvalue weighted by molar-refractivity contribution is 0.0173. The largest absolute Gasteiger partial charge is 0.444 e. The van der Waals surface area contributed by atoms with E-state index >= 15 is 0 Å². The summed E-state index contributed by atoms with van der Waals surface area (Å²) in [4.78, 5) is 18.4. The Kier molecular flexibility index (Phi) is 5.25. The molecule has 4 nitrogen and oxygen atoms in total. The van der Waals surface area contributed by atoms with E-state index in [4.69, 9.17) is 4.74 Å². The molecule has 0 radical (unpaired) electrons. The minimum atomic E-state index is -0.468. The van der Waals surface area contributed by atoms with E-state index in [1.165, 1.54) is 19.3 Å². The molecule has 1 fully saturated rings. The molecule has 1 aliphatic rings. The summed E-state index contributed by atoms with van der Waals surface area (Å²) in [6.45, 7) is 6.99. The molecule has 1 aromatic heterocycles. The zero-order valence-electron chi connectivity index (χ0n) is 12.9. The van der Waals surface area contributed by atoms with Crippen molar-refractivity contribution in [2.45, 2.75) is 52.2 Å². The molecular formula is C16H23BrN2O2. The van der Waals surface area contributed by atoms with Gasteiger partial charge in [0, 0.05) is 23.4 Å². The highest BCUT2D eigenvalue weighted by Crippen LogP contribution is 2.28. The summed E-state index contributed by atoms with van der Waals surface area (Å²) in [6, 6.07) is 1.99. The fourth-order valence-electron chi connectivity index (χ4n) is 2.28. The highest BCUT2D eigenvalue weighted by atomic mass is 79.9. The number of halogens is 1. The molecule has 0 aromatic carbocycles. The first-order valence-corrected chi connectivity index (χ1v) is 8.20. The Labute approximate surface area is 135 Å². The van der Waals surface area contributed by atoms with Crippen molar-refractivity contribution in [2.24, 2.45) is 5.92 Å². The normalized spacial score (nSPS) is 15.4. The third kappa shape index (κ3) is 5.30. The Morgan fingerprint density at radius 3 is 2.67 bits per heavy atom. The van der Waals surface area contributed by atoms with E-state index in [9.17, 15) is 4.79 Å². The van der Waals surface area contributed by atoms with Crippen LogP contribution in [0.25, 0.3) is 0 Å². The second kappa shape index (κ2) is 6.77. The first-order chi connectivity index (χ1) is 9.83. The van der Waals surface area contributed by atoms with E-state index in [2.05, 4.69) is 20.9 Å². The lowest BCUT2D eigenvalue weighted by Gasteiger charge is -2.33. The fourth-order valence-corrected chi connectivity index (χ4v) is 2.69. The van der Waals surface area contributed by atoms with Gasteiger partial charge in [0.05, 0.1) is 6.54 Å². The number of ether oxygens (including phenoxy) is 1. The van der Waals surface area contributed by atoms with Crippen LogP contribution in [0.2, 0.25) is 0 Å². The number of aromatic nitrogens is 1. The smallest absolute Gasteiger partial charge is 0.410 e. The molecule has 1 aromatic rings. The molecule has 5 heteroatoms. The van der Waals surface area contributed by atoms with Crippen molar-refractivity contribution >= 4 is 22.0 Å². The van der Waals surface area contributed by atoms with Crippen molar-refractivity contribution in [3.63, 3.8) is 0 Å². The van der Waals surface area contributed by atoms with Gasteiger partial charge in [-0.1, -0.05) is 6.42 Å². The van der Waals surface area contributed by atoms with Crippen LogP contribution in [0.5, 0.6) is 0 Å². The minimum Gasteiger partial charge on any atom is -0.444 e. The molecule has 0 bridgehead atoms. The molecule has 2 rings (SSSR count). The Morgan fingerprint density at radius 2 is 2.14 bits per heavy atom. The topological polar surface area (TPSA) is 42.4 Å². The molecule has 0 atom stereocenters. The van der Waals surface area contributed by atoms with Gasteiger partial charge in [-0.3, -0.25) is 4.98 Å². The maximum absolute atomic E-state index is 12.4. The van der Waals surface area contributed by atoms with E-state index < -0.39 is 5.60 Å². The van der Waals surface area contributed by atoms with E-state index in [0.717, 1.165) is 16.6 Å². The number of pyridine rings is 1. The molecule has 21 heavy (non-hydrogen) atoms. The van der Waals surface area contributed by atoms with Crippen LogP contribution in [0.1, 0.15) is 45.6 Å². The third-order valence-electron chi connectivity index (χ3n) is 3.49. The molecule has 0 spiro atoms. The lowest BCUT2D eigenvalue weighted by Crippen LogP contribution is -2.40. The first-order valence-electron chi connectivity index (χ1n) is 7.41. The van der Waals surface area contributed by atoms with Crippen molar-refractivity contribution in [1.29, 1.82) is 0 Å². The highest BCUT2D eigenvalue weighted by Gasteiger charge is 2.27. The summed E-state index contributed by atoms with van der Waals surface area (Å²) in [5.74, 6) is 0.609. The number of hydrogen-bond donors (Lipinski definition) is 0. The molecule has 0 N–H and O–H groups in total. The van der Waals surface area contributed by atoms with Gasteiger partial charge in [0.15, 0.2) is 0 Å². The van der Waals surface area contributed by atoms with Crippen LogP contribution in [0.15, 0.2) is 22.9 Å². The summed E-state index contributed by atoms with van der Waals surface area (Å²) in [5.41, 5.74) is 0.541. The van der Waals surface area contributed by atoms with Crippen LogP contribution >= 0.6 is 15.9 Å². The standard InChI is InChI=1S/C16H23BrN2O2/c1-16(2,3)21-15(20)19(10-12-5-4-6-12)11-13-7-14(17)9-18-8-13/h7-9,12H,4-6,10-11H2,1-3H3. The van der Waals surface area contributed by atoms with Crippen LogP contribution in [-0.4, -0.2) is 28.1 Å². The van der Waals surface area contributed by atoms with Crippen molar-refractivity contribution < 1.29 is 9.53 Å². The molecule has 1 heterocycles. The molecule has 0 aliphatic heterocycles. The number of nitrogens with zero attached hydrogens (tertiary/aromatic N) is 2. The number of hydrogen-bond acceptors (Lipinski definition) is 3. The SMILES string of the molecule is CC(C)(C)OC(=O)N(Cc1cncc(Br)c1)CC1CCC1. The van der Waals surface area contributed by atoms with Gasteiger partial charge in [0.2, 0.25) is 0 Å². The monoisotopic (exact) mass is 354 g/mol. The Bertz CT molecular complexity index is 495. The molecule has 1 amide bonds. The Balaban J connectivity index is 2.05. The zero-order valence-corrected chi connectivity index (χ0v) is 14.5. The van der Waals surface area contributed by atoms with Gasteiger partial charge in [-0.25, -0.2) is 4.79 Å². The maximum atomic E-state index is 12.4. The molecular weight excluding hydrogens is 332 g/mol. The predicted octanol–water partition coefficient (Wildman–Crippen LogP) is 4.38. The van der Waals surface area contributed by atoms with E-state index in [-0.39, 0.29) is 6.09 Å². The van der Waals surface area contributed by atoms with Crippen LogP contribution in [-0.2, 0) is 11.3 Å². The number of carbonyl (C=O) groups excluding carboxylic acids is 1. The quantitative estimate of drug-likeness (QED) is 0.805. The summed E-state index contributed by atoms with van der Waals surface area (Å²) >= 11 is 3.42. The van der Waals surface area contributed by atoms with Crippen molar-refractivity contribution in [2.75, 3.05) is 6.54 Å². The number of carbonyl (C=O) groups is 1. The summed E-state index contributed by atoms with van der Waals surface area (Å²) in [7, 11) is 0. The van der Waals surface area contributed by atoms with Gasteiger partial charge in [-0.15, -0.1) is 0 Å². The number of rotatable bonds is 4. The van der Waals surface area contributed by atoms with E-state index in [0.29, 0.717) is 12.5 Å². The third-order valence-corrected chi connectivity index (χ3v) is 3.92. The van der Waals surface area contributed by atoms with Gasteiger partial charge < -0.3 is 9.64 Å². The first kappa shape index (κ1) is 16.3. The molecule has 0 saturated heterocycles. The molecule has 1 aliphatic carbocycles. The molecule has 1 saturated carbocycles. The summed E-state index contributed by atoms with van der Waals surface area (Å²) < 4.78 is 6.45. The fraction of sp³-hybridized carbons (Fsp3) is 0.625. The van der Waals surface area contributed by atoms with Gasteiger partial charge in [-0.2, -0.15) is 0 Å². The minimum absolute atomic E-state index is 0.241. The summed E-state index contributed by atoms with van der Waals surface area (Å²) in [6.07, 6.45) is 6.97. The van der Waals surface area contributed by atoms with E-state index in [1.54, 1.807) is 17.3 Å². The molecule has 116 valence electrons. The average Bonchev–Trinajstić information content (AvgIpc) is 2.29. The lowest BCUT2D eigenvalue weighted by atomic mass is 9.85. The van der Waals surface area contributed by atoms with Crippen molar-refractivity contribution in [1.82, 2.24) is 9.88 Å². The van der Waals surface area contributed by atoms with Gasteiger partial charge in [0.25, 0.3) is 0 Å². The van der Waals surface area contributed by atoms with Crippen LogP contribution < -0.4 is 0 Å². The van der Waals surface area contributed by atoms with Gasteiger partial charge in [0.1, 0.15) is 5.60 Å². The van der Waals surface area contributed by atoms with Crippen molar-refractivity contribution in [3.8, 4) is 0 Å². The van der Waals surface area contributed by atoms with Crippen LogP contribution in [0, 0.1) is 5.92 Å². The van der Waals surface area contributed by atoms with Crippen molar-refractivity contribution in [3.05, 3.63) is 28.5 Å². The van der Waals surface area contributed by atoms with Gasteiger partial charge >= 0.3 is 6.09 Å². The maximum Gasteiger partial charge on any atom is 0.410 e.